The van der Waals surface area contributed by atoms with Gasteiger partial charge >= 0.3 is 0 Å². The topological polar surface area (TPSA) is 42.2 Å². The Labute approximate surface area is 181 Å². The SMILES string of the molecule is CC(C)=CCCC(C)CCOC(CCCCC#N)OCCC(C)CCC=C(C)C. The number of nitrogens with zero attached hydrogens (tertiary/aromatic N) is 1. The third-order valence-corrected chi connectivity index (χ3v) is 5.23. The Morgan fingerprint density at radius 2 is 1.24 bits per heavy atom. The molecule has 0 amide bonds. The van der Waals surface area contributed by atoms with E-state index in [-0.39, 0.29) is 6.29 Å². The number of nitriles is 1. The summed E-state index contributed by atoms with van der Waals surface area (Å²) in [4.78, 5) is 0. The fourth-order valence-electron chi connectivity index (χ4n) is 3.13. The summed E-state index contributed by atoms with van der Waals surface area (Å²) in [7, 11) is 0. The van der Waals surface area contributed by atoms with E-state index in [2.05, 4.69) is 59.8 Å². The number of ether oxygens (including phenoxy) is 2. The molecule has 0 bridgehead atoms. The maximum Gasteiger partial charge on any atom is 0.157 e. The van der Waals surface area contributed by atoms with Crippen LogP contribution in [0.5, 0.6) is 0 Å². The molecule has 0 saturated heterocycles. The summed E-state index contributed by atoms with van der Waals surface area (Å²) in [5.41, 5.74) is 2.80. The molecular formula is C26H47NO2. The first-order chi connectivity index (χ1) is 13.8. The predicted molar refractivity (Wildman–Crippen MR) is 125 cm³/mol. The number of allylic oxidation sites excluding steroid dienone is 4. The van der Waals surface area contributed by atoms with Crippen molar-refractivity contribution < 1.29 is 9.47 Å². The zero-order chi connectivity index (χ0) is 21.9. The van der Waals surface area contributed by atoms with Crippen LogP contribution in [0.4, 0.5) is 0 Å². The zero-order valence-corrected chi connectivity index (χ0v) is 20.1. The Morgan fingerprint density at radius 3 is 1.66 bits per heavy atom. The largest absolute Gasteiger partial charge is 0.353 e. The van der Waals surface area contributed by atoms with E-state index >= 15 is 0 Å². The highest BCUT2D eigenvalue weighted by Crippen LogP contribution is 2.16. The van der Waals surface area contributed by atoms with Gasteiger partial charge in [0.15, 0.2) is 6.29 Å². The second kappa shape index (κ2) is 18.9. The quantitative estimate of drug-likeness (QED) is 0.132. The molecule has 0 fully saturated rings. The normalized spacial score (nSPS) is 14.0. The molecule has 0 aromatic rings. The van der Waals surface area contributed by atoms with Gasteiger partial charge in [-0.3, -0.25) is 0 Å². The first-order valence-corrected chi connectivity index (χ1v) is 11.7. The number of hydrogen-bond acceptors (Lipinski definition) is 3. The minimum absolute atomic E-state index is 0.122. The maximum atomic E-state index is 8.73. The van der Waals surface area contributed by atoms with E-state index in [0.717, 1.165) is 58.2 Å². The summed E-state index contributed by atoms with van der Waals surface area (Å²) < 4.78 is 12.2. The Hall–Kier alpha value is -1.11. The van der Waals surface area contributed by atoms with Crippen LogP contribution in [0.25, 0.3) is 0 Å². The molecule has 0 heterocycles. The molecule has 3 heteroatoms. The van der Waals surface area contributed by atoms with E-state index < -0.39 is 0 Å². The molecule has 3 nitrogen and oxygen atoms in total. The van der Waals surface area contributed by atoms with Gasteiger partial charge in [-0.25, -0.2) is 0 Å². The van der Waals surface area contributed by atoms with E-state index in [9.17, 15) is 0 Å². The molecule has 0 aliphatic carbocycles. The molecule has 2 unspecified atom stereocenters. The van der Waals surface area contributed by atoms with Crippen LogP contribution >= 0.6 is 0 Å². The summed E-state index contributed by atoms with van der Waals surface area (Å²) in [5, 5.41) is 8.73. The standard InChI is InChI=1S/C26H47NO2/c1-22(2)12-10-14-24(5)17-20-28-26(16-8-7-9-19-27)29-21-18-25(6)15-11-13-23(3)4/h12-13,24-26H,7-11,14-18,20-21H2,1-6H3. The van der Waals surface area contributed by atoms with Crippen LogP contribution in [0.2, 0.25) is 0 Å². The second-order valence-electron chi connectivity index (χ2n) is 9.08. The van der Waals surface area contributed by atoms with Crippen molar-refractivity contribution in [2.45, 2.75) is 112 Å². The van der Waals surface area contributed by atoms with Crippen LogP contribution in [-0.2, 0) is 9.47 Å². The molecule has 2 atom stereocenters. The molecule has 168 valence electrons. The predicted octanol–water partition coefficient (Wildman–Crippen LogP) is 7.97. The monoisotopic (exact) mass is 405 g/mol. The molecule has 0 saturated carbocycles. The Bertz CT molecular complexity index is 447. The van der Waals surface area contributed by atoms with Gasteiger partial charge in [-0.1, -0.05) is 37.1 Å². The molecule has 0 aliphatic rings. The van der Waals surface area contributed by atoms with Gasteiger partial charge in [0, 0.05) is 19.6 Å². The second-order valence-corrected chi connectivity index (χ2v) is 9.08. The van der Waals surface area contributed by atoms with Crippen molar-refractivity contribution in [3.05, 3.63) is 23.3 Å². The first-order valence-electron chi connectivity index (χ1n) is 11.7. The lowest BCUT2D eigenvalue weighted by atomic mass is 10.0. The molecule has 0 rings (SSSR count). The van der Waals surface area contributed by atoms with Crippen molar-refractivity contribution in [1.82, 2.24) is 0 Å². The van der Waals surface area contributed by atoms with E-state index in [4.69, 9.17) is 14.7 Å². The lowest BCUT2D eigenvalue weighted by Crippen LogP contribution is -2.20. The number of rotatable bonds is 18. The van der Waals surface area contributed by atoms with Gasteiger partial charge in [0.25, 0.3) is 0 Å². The summed E-state index contributed by atoms with van der Waals surface area (Å²) >= 11 is 0. The molecular weight excluding hydrogens is 358 g/mol. The lowest BCUT2D eigenvalue weighted by molar-refractivity contribution is -0.150. The van der Waals surface area contributed by atoms with Crippen molar-refractivity contribution in [3.63, 3.8) is 0 Å². The van der Waals surface area contributed by atoms with Crippen molar-refractivity contribution >= 4 is 0 Å². The van der Waals surface area contributed by atoms with Crippen molar-refractivity contribution in [1.29, 1.82) is 5.26 Å². The molecule has 0 aliphatic heterocycles. The first kappa shape index (κ1) is 27.9. The average Bonchev–Trinajstić information content (AvgIpc) is 2.64. The molecule has 0 spiro atoms. The number of hydrogen-bond donors (Lipinski definition) is 0. The van der Waals surface area contributed by atoms with Gasteiger partial charge in [-0.2, -0.15) is 5.26 Å². The van der Waals surface area contributed by atoms with Crippen molar-refractivity contribution in [2.24, 2.45) is 11.8 Å². The highest BCUT2D eigenvalue weighted by Gasteiger charge is 2.12. The lowest BCUT2D eigenvalue weighted by Gasteiger charge is -2.21. The van der Waals surface area contributed by atoms with Gasteiger partial charge in [0.1, 0.15) is 0 Å². The summed E-state index contributed by atoms with van der Waals surface area (Å²) in [6, 6.07) is 2.22. The van der Waals surface area contributed by atoms with E-state index in [0.29, 0.717) is 18.3 Å². The van der Waals surface area contributed by atoms with E-state index in [1.54, 1.807) is 0 Å². The van der Waals surface area contributed by atoms with Gasteiger partial charge in [-0.15, -0.1) is 0 Å². The van der Waals surface area contributed by atoms with Crippen LogP contribution in [-0.4, -0.2) is 19.5 Å². The van der Waals surface area contributed by atoms with Crippen molar-refractivity contribution in [2.75, 3.05) is 13.2 Å². The summed E-state index contributed by atoms with van der Waals surface area (Å²) in [6.07, 6.45) is 14.8. The summed E-state index contributed by atoms with van der Waals surface area (Å²) in [5.74, 6) is 1.33. The van der Waals surface area contributed by atoms with Gasteiger partial charge in [-0.05, 0) is 97.3 Å². The molecule has 0 aromatic heterocycles. The van der Waals surface area contributed by atoms with Gasteiger partial charge in [0.2, 0.25) is 0 Å². The van der Waals surface area contributed by atoms with Crippen LogP contribution in [0.1, 0.15) is 106 Å². The van der Waals surface area contributed by atoms with Crippen molar-refractivity contribution in [3.8, 4) is 6.07 Å². The zero-order valence-electron chi connectivity index (χ0n) is 20.1. The third kappa shape index (κ3) is 20.0. The minimum atomic E-state index is -0.122. The fraction of sp³-hybridized carbons (Fsp3) is 0.808. The average molecular weight is 406 g/mol. The molecule has 29 heavy (non-hydrogen) atoms. The third-order valence-electron chi connectivity index (χ3n) is 5.23. The molecule has 0 aromatic carbocycles. The van der Waals surface area contributed by atoms with E-state index in [1.165, 1.54) is 24.0 Å². The smallest absolute Gasteiger partial charge is 0.157 e. The van der Waals surface area contributed by atoms with Crippen LogP contribution in [0.15, 0.2) is 23.3 Å². The minimum Gasteiger partial charge on any atom is -0.353 e. The summed E-state index contributed by atoms with van der Waals surface area (Å²) in [6.45, 7) is 14.8. The number of unbranched alkanes of at least 4 members (excludes halogenated alkanes) is 2. The van der Waals surface area contributed by atoms with Gasteiger partial charge in [0.05, 0.1) is 6.07 Å². The molecule has 0 N–H and O–H groups in total. The maximum absolute atomic E-state index is 8.73. The van der Waals surface area contributed by atoms with Crippen LogP contribution in [0.3, 0.4) is 0 Å². The van der Waals surface area contributed by atoms with Crippen LogP contribution in [0, 0.1) is 23.2 Å². The highest BCUT2D eigenvalue weighted by molar-refractivity contribution is 4.93. The fourth-order valence-corrected chi connectivity index (χ4v) is 3.13. The Morgan fingerprint density at radius 1 is 0.759 bits per heavy atom. The Balaban J connectivity index is 4.18. The molecule has 0 radical (unpaired) electrons. The van der Waals surface area contributed by atoms with Crippen LogP contribution < -0.4 is 0 Å². The Kier molecular flexibility index (Phi) is 18.2. The van der Waals surface area contributed by atoms with Gasteiger partial charge < -0.3 is 9.47 Å². The van der Waals surface area contributed by atoms with E-state index in [1.807, 2.05) is 0 Å². The highest BCUT2D eigenvalue weighted by atomic mass is 16.7.